The minimum atomic E-state index is 0.516. The predicted octanol–water partition coefficient (Wildman–Crippen LogP) is 2.61. The molecule has 3 rings (SSSR count). The standard InChI is InChI=1S/C16H25N3/c1-14(15-4-9-17-10-5-15)19-11-3-7-16(13-19)6-2-8-18-12-16/h4-5,9-10,14,18H,2-3,6-8,11-13H2,1H3. The molecule has 2 unspecified atom stereocenters. The summed E-state index contributed by atoms with van der Waals surface area (Å²) >= 11 is 0. The third-order valence-electron chi connectivity index (χ3n) is 4.99. The van der Waals surface area contributed by atoms with E-state index in [2.05, 4.69) is 34.3 Å². The fourth-order valence-corrected chi connectivity index (χ4v) is 3.81. The molecule has 2 aliphatic heterocycles. The van der Waals surface area contributed by atoms with Crippen LogP contribution in [0.2, 0.25) is 0 Å². The molecule has 104 valence electrons. The van der Waals surface area contributed by atoms with Crippen LogP contribution >= 0.6 is 0 Å². The second-order valence-electron chi connectivity index (χ2n) is 6.31. The first kappa shape index (κ1) is 13.1. The summed E-state index contributed by atoms with van der Waals surface area (Å²) in [4.78, 5) is 6.80. The van der Waals surface area contributed by atoms with Crippen molar-refractivity contribution in [3.05, 3.63) is 30.1 Å². The van der Waals surface area contributed by atoms with Gasteiger partial charge in [-0.2, -0.15) is 0 Å². The first-order valence-electron chi connectivity index (χ1n) is 7.64. The Morgan fingerprint density at radius 3 is 2.79 bits per heavy atom. The molecule has 2 atom stereocenters. The quantitative estimate of drug-likeness (QED) is 0.885. The highest BCUT2D eigenvalue weighted by Gasteiger charge is 2.37. The van der Waals surface area contributed by atoms with Crippen LogP contribution in [0.15, 0.2) is 24.5 Å². The molecule has 3 heterocycles. The van der Waals surface area contributed by atoms with Crippen LogP contribution < -0.4 is 5.32 Å². The van der Waals surface area contributed by atoms with Gasteiger partial charge in [-0.15, -0.1) is 0 Å². The Bertz CT molecular complexity index is 392. The summed E-state index contributed by atoms with van der Waals surface area (Å²) in [7, 11) is 0. The van der Waals surface area contributed by atoms with Crippen molar-refractivity contribution in [3.8, 4) is 0 Å². The molecule has 0 aromatic carbocycles. The van der Waals surface area contributed by atoms with Gasteiger partial charge in [-0.3, -0.25) is 9.88 Å². The van der Waals surface area contributed by atoms with E-state index in [1.165, 1.54) is 57.4 Å². The zero-order valence-corrected chi connectivity index (χ0v) is 11.9. The van der Waals surface area contributed by atoms with E-state index in [0.29, 0.717) is 11.5 Å². The highest BCUT2D eigenvalue weighted by Crippen LogP contribution is 2.38. The summed E-state index contributed by atoms with van der Waals surface area (Å²) < 4.78 is 0. The van der Waals surface area contributed by atoms with E-state index in [4.69, 9.17) is 0 Å². The van der Waals surface area contributed by atoms with Gasteiger partial charge in [-0.1, -0.05) is 0 Å². The fraction of sp³-hybridized carbons (Fsp3) is 0.688. The summed E-state index contributed by atoms with van der Waals surface area (Å²) in [6.45, 7) is 7.26. The Balaban J connectivity index is 1.71. The maximum Gasteiger partial charge on any atom is 0.0321 e. The van der Waals surface area contributed by atoms with E-state index in [1.807, 2.05) is 12.4 Å². The highest BCUT2D eigenvalue weighted by molar-refractivity contribution is 5.14. The second-order valence-corrected chi connectivity index (χ2v) is 6.31. The molecule has 2 fully saturated rings. The average molecular weight is 259 g/mol. The van der Waals surface area contributed by atoms with Gasteiger partial charge in [-0.05, 0) is 68.8 Å². The van der Waals surface area contributed by atoms with Crippen molar-refractivity contribution in [2.45, 2.75) is 38.6 Å². The first-order valence-corrected chi connectivity index (χ1v) is 7.64. The first-order chi connectivity index (χ1) is 9.29. The van der Waals surface area contributed by atoms with E-state index in [9.17, 15) is 0 Å². The number of rotatable bonds is 2. The molecule has 0 radical (unpaired) electrons. The number of pyridine rings is 1. The second kappa shape index (κ2) is 5.59. The van der Waals surface area contributed by atoms with Gasteiger partial charge >= 0.3 is 0 Å². The van der Waals surface area contributed by atoms with Gasteiger partial charge in [0.05, 0.1) is 0 Å². The van der Waals surface area contributed by atoms with Gasteiger partial charge < -0.3 is 5.32 Å². The topological polar surface area (TPSA) is 28.2 Å². The number of nitrogens with one attached hydrogen (secondary N) is 1. The number of nitrogens with zero attached hydrogens (tertiary/aromatic N) is 2. The number of likely N-dealkylation sites (tertiary alicyclic amines) is 1. The molecular formula is C16H25N3. The Morgan fingerprint density at radius 1 is 1.26 bits per heavy atom. The summed E-state index contributed by atoms with van der Waals surface area (Å²) in [5.74, 6) is 0. The van der Waals surface area contributed by atoms with Crippen molar-refractivity contribution in [1.29, 1.82) is 0 Å². The largest absolute Gasteiger partial charge is 0.316 e. The third-order valence-corrected chi connectivity index (χ3v) is 4.99. The Labute approximate surface area is 116 Å². The highest BCUT2D eigenvalue weighted by atomic mass is 15.2. The van der Waals surface area contributed by atoms with Crippen molar-refractivity contribution in [2.24, 2.45) is 5.41 Å². The molecule has 3 heteroatoms. The lowest BCUT2D eigenvalue weighted by atomic mass is 9.74. The molecular weight excluding hydrogens is 234 g/mol. The Morgan fingerprint density at radius 2 is 2.05 bits per heavy atom. The van der Waals surface area contributed by atoms with E-state index < -0.39 is 0 Å². The van der Waals surface area contributed by atoms with Crippen LogP contribution in [0.5, 0.6) is 0 Å². The van der Waals surface area contributed by atoms with E-state index in [-0.39, 0.29) is 0 Å². The fourth-order valence-electron chi connectivity index (χ4n) is 3.81. The number of hydrogen-bond donors (Lipinski definition) is 1. The van der Waals surface area contributed by atoms with E-state index in [0.717, 1.165) is 0 Å². The van der Waals surface area contributed by atoms with Crippen LogP contribution in [0, 0.1) is 5.41 Å². The average Bonchev–Trinajstić information content (AvgIpc) is 2.48. The van der Waals surface area contributed by atoms with Crippen molar-refractivity contribution in [3.63, 3.8) is 0 Å². The SMILES string of the molecule is CC(c1ccncc1)N1CCCC2(CCCNC2)C1. The molecule has 2 aliphatic rings. The Kier molecular flexibility index (Phi) is 3.85. The minimum absolute atomic E-state index is 0.516. The molecule has 1 spiro atoms. The van der Waals surface area contributed by atoms with Crippen molar-refractivity contribution < 1.29 is 0 Å². The van der Waals surface area contributed by atoms with Gasteiger partial charge in [0.25, 0.3) is 0 Å². The summed E-state index contributed by atoms with van der Waals surface area (Å²) in [6, 6.07) is 4.83. The maximum atomic E-state index is 4.13. The lowest BCUT2D eigenvalue weighted by molar-refractivity contribution is 0.0415. The lowest BCUT2D eigenvalue weighted by Gasteiger charge is -2.47. The molecule has 19 heavy (non-hydrogen) atoms. The molecule has 1 aromatic rings. The molecule has 2 saturated heterocycles. The molecule has 3 nitrogen and oxygen atoms in total. The normalized spacial score (nSPS) is 30.4. The predicted molar refractivity (Wildman–Crippen MR) is 78.0 cm³/mol. The third kappa shape index (κ3) is 2.82. The summed E-state index contributed by atoms with van der Waals surface area (Å²) in [5, 5.41) is 3.61. The van der Waals surface area contributed by atoms with Gasteiger partial charge in [0.1, 0.15) is 0 Å². The monoisotopic (exact) mass is 259 g/mol. The maximum absolute atomic E-state index is 4.13. The van der Waals surface area contributed by atoms with Crippen LogP contribution in [0.25, 0.3) is 0 Å². The van der Waals surface area contributed by atoms with Crippen LogP contribution in [0.1, 0.15) is 44.2 Å². The molecule has 0 bridgehead atoms. The van der Waals surface area contributed by atoms with Crippen molar-refractivity contribution >= 4 is 0 Å². The lowest BCUT2D eigenvalue weighted by Crippen LogP contribution is -2.51. The smallest absolute Gasteiger partial charge is 0.0321 e. The van der Waals surface area contributed by atoms with Gasteiger partial charge in [0.2, 0.25) is 0 Å². The molecule has 1 aromatic heterocycles. The van der Waals surface area contributed by atoms with Crippen molar-refractivity contribution in [1.82, 2.24) is 15.2 Å². The summed E-state index contributed by atoms with van der Waals surface area (Å²) in [5.41, 5.74) is 1.94. The molecule has 0 saturated carbocycles. The minimum Gasteiger partial charge on any atom is -0.316 e. The Hall–Kier alpha value is -0.930. The van der Waals surface area contributed by atoms with Gasteiger partial charge in [0, 0.05) is 31.5 Å². The van der Waals surface area contributed by atoms with Gasteiger partial charge in [0.15, 0.2) is 0 Å². The van der Waals surface area contributed by atoms with Crippen LogP contribution in [-0.4, -0.2) is 36.1 Å². The zero-order chi connectivity index (χ0) is 13.1. The molecule has 0 aliphatic carbocycles. The van der Waals surface area contributed by atoms with Crippen molar-refractivity contribution in [2.75, 3.05) is 26.2 Å². The van der Waals surface area contributed by atoms with Crippen LogP contribution in [0.3, 0.4) is 0 Å². The van der Waals surface area contributed by atoms with E-state index in [1.54, 1.807) is 0 Å². The zero-order valence-electron chi connectivity index (χ0n) is 11.9. The van der Waals surface area contributed by atoms with Crippen LogP contribution in [0.4, 0.5) is 0 Å². The summed E-state index contributed by atoms with van der Waals surface area (Å²) in [6.07, 6.45) is 9.31. The van der Waals surface area contributed by atoms with Crippen LogP contribution in [-0.2, 0) is 0 Å². The number of piperidine rings is 2. The molecule has 1 N–H and O–H groups in total. The number of aromatic nitrogens is 1. The molecule has 0 amide bonds. The van der Waals surface area contributed by atoms with E-state index >= 15 is 0 Å². The van der Waals surface area contributed by atoms with Gasteiger partial charge in [-0.25, -0.2) is 0 Å². The number of hydrogen-bond acceptors (Lipinski definition) is 3.